The molecule has 21 heavy (non-hydrogen) atoms. The highest BCUT2D eigenvalue weighted by atomic mass is 35.5. The summed E-state index contributed by atoms with van der Waals surface area (Å²) in [7, 11) is 0. The molecule has 0 fully saturated rings. The first-order chi connectivity index (χ1) is 9.90. The zero-order valence-electron chi connectivity index (χ0n) is 11.0. The third kappa shape index (κ3) is 3.16. The molecule has 1 N–H and O–H groups in total. The predicted molar refractivity (Wildman–Crippen MR) is 73.7 cm³/mol. The van der Waals surface area contributed by atoms with Crippen molar-refractivity contribution < 1.29 is 14.8 Å². The SMILES string of the molecule is Cc1c(CCC(=O)O)nnn1-c1ccc(Cl)c([N+](=O)[O-])c1. The van der Waals surface area contributed by atoms with Crippen LogP contribution in [0.25, 0.3) is 5.69 Å². The Kier molecular flexibility index (Phi) is 4.18. The molecule has 0 saturated carbocycles. The summed E-state index contributed by atoms with van der Waals surface area (Å²) in [6.45, 7) is 1.72. The quantitative estimate of drug-likeness (QED) is 0.669. The summed E-state index contributed by atoms with van der Waals surface area (Å²) in [5, 5.41) is 27.4. The molecule has 0 amide bonds. The van der Waals surface area contributed by atoms with E-state index in [-0.39, 0.29) is 23.6 Å². The van der Waals surface area contributed by atoms with Crippen LogP contribution in [-0.2, 0) is 11.2 Å². The first-order valence-electron chi connectivity index (χ1n) is 5.97. The first-order valence-corrected chi connectivity index (χ1v) is 6.35. The zero-order chi connectivity index (χ0) is 15.6. The van der Waals surface area contributed by atoms with Gasteiger partial charge < -0.3 is 5.11 Å². The number of aliphatic carboxylic acids is 1. The molecule has 9 heteroatoms. The Morgan fingerprint density at radius 1 is 1.52 bits per heavy atom. The van der Waals surface area contributed by atoms with Gasteiger partial charge in [0.25, 0.3) is 5.69 Å². The number of aromatic nitrogens is 3. The Balaban J connectivity index is 2.37. The van der Waals surface area contributed by atoms with Crippen LogP contribution in [0.3, 0.4) is 0 Å². The summed E-state index contributed by atoms with van der Waals surface area (Å²) >= 11 is 5.76. The number of carboxylic acids is 1. The molecule has 0 bridgehead atoms. The van der Waals surface area contributed by atoms with Crippen molar-refractivity contribution in [2.24, 2.45) is 0 Å². The van der Waals surface area contributed by atoms with Gasteiger partial charge in [0.05, 0.1) is 28.4 Å². The third-order valence-electron chi connectivity index (χ3n) is 2.94. The standard InChI is InChI=1S/C12H11ClN4O4/c1-7-10(4-5-12(18)19)14-15-16(7)8-2-3-9(13)11(6-8)17(20)21/h2-3,6H,4-5H2,1H3,(H,18,19). The van der Waals surface area contributed by atoms with Gasteiger partial charge >= 0.3 is 5.97 Å². The number of aryl methyl sites for hydroxylation is 1. The molecule has 2 aromatic rings. The predicted octanol–water partition coefficient (Wildman–Crippen LogP) is 2.15. The van der Waals surface area contributed by atoms with Gasteiger partial charge in [0, 0.05) is 12.5 Å². The lowest BCUT2D eigenvalue weighted by molar-refractivity contribution is -0.384. The number of nitro groups is 1. The Bertz CT molecular complexity index is 713. The van der Waals surface area contributed by atoms with E-state index < -0.39 is 10.9 Å². The maximum absolute atomic E-state index is 10.9. The summed E-state index contributed by atoms with van der Waals surface area (Å²) in [5.74, 6) is -0.925. The van der Waals surface area contributed by atoms with Gasteiger partial charge in [-0.15, -0.1) is 5.10 Å². The van der Waals surface area contributed by atoms with Gasteiger partial charge in [-0.25, -0.2) is 4.68 Å². The fraction of sp³-hybridized carbons (Fsp3) is 0.250. The van der Waals surface area contributed by atoms with Crippen LogP contribution >= 0.6 is 11.6 Å². The van der Waals surface area contributed by atoms with E-state index in [1.807, 2.05) is 0 Å². The number of nitrogens with zero attached hydrogens (tertiary/aromatic N) is 4. The lowest BCUT2D eigenvalue weighted by Crippen LogP contribution is -2.02. The Labute approximate surface area is 124 Å². The van der Waals surface area contributed by atoms with Crippen molar-refractivity contribution in [2.75, 3.05) is 0 Å². The van der Waals surface area contributed by atoms with Crippen molar-refractivity contribution >= 4 is 23.3 Å². The number of carbonyl (C=O) groups is 1. The van der Waals surface area contributed by atoms with Gasteiger partial charge in [0.1, 0.15) is 5.02 Å². The topological polar surface area (TPSA) is 111 Å². The van der Waals surface area contributed by atoms with E-state index in [0.29, 0.717) is 17.1 Å². The summed E-state index contributed by atoms with van der Waals surface area (Å²) in [5.41, 5.74) is 1.39. The van der Waals surface area contributed by atoms with E-state index in [1.165, 1.54) is 16.8 Å². The van der Waals surface area contributed by atoms with Crippen molar-refractivity contribution in [2.45, 2.75) is 19.8 Å². The molecular formula is C12H11ClN4O4. The fourth-order valence-corrected chi connectivity index (χ4v) is 2.02. The van der Waals surface area contributed by atoms with Crippen LogP contribution in [-0.4, -0.2) is 31.0 Å². The van der Waals surface area contributed by atoms with E-state index >= 15 is 0 Å². The van der Waals surface area contributed by atoms with E-state index in [9.17, 15) is 14.9 Å². The van der Waals surface area contributed by atoms with Crippen molar-refractivity contribution in [1.29, 1.82) is 0 Å². The van der Waals surface area contributed by atoms with E-state index in [0.717, 1.165) is 0 Å². The van der Waals surface area contributed by atoms with Crippen LogP contribution in [0.2, 0.25) is 5.02 Å². The number of nitro benzene ring substituents is 1. The van der Waals surface area contributed by atoms with Gasteiger partial charge in [-0.1, -0.05) is 16.8 Å². The highest BCUT2D eigenvalue weighted by Crippen LogP contribution is 2.27. The molecular weight excluding hydrogens is 300 g/mol. The second-order valence-electron chi connectivity index (χ2n) is 4.32. The molecule has 1 aromatic heterocycles. The summed E-state index contributed by atoms with van der Waals surface area (Å²) < 4.78 is 1.42. The van der Waals surface area contributed by atoms with Gasteiger partial charge in [-0.05, 0) is 19.1 Å². The van der Waals surface area contributed by atoms with Crippen LogP contribution in [0.1, 0.15) is 17.8 Å². The molecule has 0 radical (unpaired) electrons. The van der Waals surface area contributed by atoms with Gasteiger partial charge in [0.2, 0.25) is 0 Å². The van der Waals surface area contributed by atoms with Crippen molar-refractivity contribution in [3.05, 3.63) is 44.7 Å². The van der Waals surface area contributed by atoms with Crippen LogP contribution in [0.5, 0.6) is 0 Å². The molecule has 0 spiro atoms. The summed E-state index contributed by atoms with van der Waals surface area (Å²) in [4.78, 5) is 20.9. The number of halogens is 1. The average Bonchev–Trinajstić information content (AvgIpc) is 2.78. The minimum Gasteiger partial charge on any atom is -0.481 e. The smallest absolute Gasteiger partial charge is 0.303 e. The van der Waals surface area contributed by atoms with Crippen molar-refractivity contribution in [3.63, 3.8) is 0 Å². The van der Waals surface area contributed by atoms with E-state index in [1.54, 1.807) is 13.0 Å². The normalized spacial score (nSPS) is 10.6. The minimum atomic E-state index is -0.925. The number of hydrogen-bond donors (Lipinski definition) is 1. The molecule has 0 atom stereocenters. The molecule has 110 valence electrons. The second-order valence-corrected chi connectivity index (χ2v) is 4.73. The Morgan fingerprint density at radius 2 is 2.24 bits per heavy atom. The number of benzene rings is 1. The highest BCUT2D eigenvalue weighted by molar-refractivity contribution is 6.32. The first kappa shape index (κ1) is 14.9. The van der Waals surface area contributed by atoms with Gasteiger partial charge in [0.15, 0.2) is 0 Å². The Morgan fingerprint density at radius 3 is 2.86 bits per heavy atom. The summed E-state index contributed by atoms with van der Waals surface area (Å²) in [6.07, 6.45) is 0.192. The highest BCUT2D eigenvalue weighted by Gasteiger charge is 2.16. The molecule has 0 aliphatic carbocycles. The van der Waals surface area contributed by atoms with E-state index in [2.05, 4.69) is 10.3 Å². The minimum absolute atomic E-state index is 0.0348. The Hall–Kier alpha value is -2.48. The molecule has 0 saturated heterocycles. The summed E-state index contributed by atoms with van der Waals surface area (Å²) in [6, 6.07) is 4.29. The van der Waals surface area contributed by atoms with Crippen LogP contribution in [0, 0.1) is 17.0 Å². The zero-order valence-corrected chi connectivity index (χ0v) is 11.7. The second kappa shape index (κ2) is 5.88. The molecule has 0 aliphatic heterocycles. The molecule has 1 aromatic carbocycles. The van der Waals surface area contributed by atoms with Crippen LogP contribution < -0.4 is 0 Å². The largest absolute Gasteiger partial charge is 0.481 e. The van der Waals surface area contributed by atoms with Crippen molar-refractivity contribution in [1.82, 2.24) is 15.0 Å². The number of carboxylic acid groups (broad SMARTS) is 1. The number of hydrogen-bond acceptors (Lipinski definition) is 5. The van der Waals surface area contributed by atoms with Crippen LogP contribution in [0.15, 0.2) is 18.2 Å². The fourth-order valence-electron chi connectivity index (χ4n) is 1.83. The number of rotatable bonds is 5. The van der Waals surface area contributed by atoms with Gasteiger partial charge in [-0.3, -0.25) is 14.9 Å². The molecule has 2 rings (SSSR count). The van der Waals surface area contributed by atoms with Gasteiger partial charge in [-0.2, -0.15) is 0 Å². The molecule has 0 unspecified atom stereocenters. The maximum Gasteiger partial charge on any atom is 0.303 e. The maximum atomic E-state index is 10.9. The van der Waals surface area contributed by atoms with Crippen molar-refractivity contribution in [3.8, 4) is 5.69 Å². The average molecular weight is 311 g/mol. The third-order valence-corrected chi connectivity index (χ3v) is 3.26. The molecule has 0 aliphatic rings. The van der Waals surface area contributed by atoms with Crippen LogP contribution in [0.4, 0.5) is 5.69 Å². The molecule has 8 nitrogen and oxygen atoms in total. The monoisotopic (exact) mass is 310 g/mol. The lowest BCUT2D eigenvalue weighted by atomic mass is 10.2. The molecule has 1 heterocycles. The van der Waals surface area contributed by atoms with E-state index in [4.69, 9.17) is 16.7 Å². The lowest BCUT2D eigenvalue weighted by Gasteiger charge is -2.04.